The predicted octanol–water partition coefficient (Wildman–Crippen LogP) is 6.20. The number of hydrogen-bond acceptors (Lipinski definition) is 2. The molecule has 0 fully saturated rings. The van der Waals surface area contributed by atoms with E-state index < -0.39 is 0 Å². The molecule has 0 bridgehead atoms. The summed E-state index contributed by atoms with van der Waals surface area (Å²) in [5.41, 5.74) is 0.931. The maximum atomic E-state index is 12.7. The number of rotatable bonds is 10. The van der Waals surface area contributed by atoms with Crippen molar-refractivity contribution in [2.75, 3.05) is 0 Å². The van der Waals surface area contributed by atoms with Gasteiger partial charge in [0, 0.05) is 11.1 Å². The van der Waals surface area contributed by atoms with Crippen LogP contribution in [0.2, 0.25) is 0 Å². The number of ketones is 2. The third-order valence-electron chi connectivity index (χ3n) is 5.35. The lowest BCUT2D eigenvalue weighted by Crippen LogP contribution is -2.30. The van der Waals surface area contributed by atoms with E-state index >= 15 is 0 Å². The molecule has 1 aliphatic carbocycles. The first-order chi connectivity index (χ1) is 11.2. The Balaban J connectivity index is 2.89. The maximum Gasteiger partial charge on any atom is 0.182 e. The summed E-state index contributed by atoms with van der Waals surface area (Å²) in [5, 5.41) is 0. The van der Waals surface area contributed by atoms with E-state index in [2.05, 4.69) is 41.5 Å². The second kappa shape index (κ2) is 8.78. The molecule has 0 saturated heterocycles. The number of carbonyl (C=O) groups excluding carboxylic acids is 2. The van der Waals surface area contributed by atoms with Crippen molar-refractivity contribution in [1.82, 2.24) is 0 Å². The van der Waals surface area contributed by atoms with Gasteiger partial charge in [0.15, 0.2) is 11.6 Å². The van der Waals surface area contributed by atoms with Crippen LogP contribution in [-0.2, 0) is 9.59 Å². The van der Waals surface area contributed by atoms with E-state index in [1.165, 1.54) is 12.8 Å². The van der Waals surface area contributed by atoms with Crippen LogP contribution in [0.15, 0.2) is 23.3 Å². The van der Waals surface area contributed by atoms with E-state index in [-0.39, 0.29) is 22.4 Å². The molecule has 0 N–H and O–H groups in total. The normalized spacial score (nSPS) is 16.2. The molecule has 0 aliphatic heterocycles. The second-order valence-electron chi connectivity index (χ2n) is 8.53. The molecule has 0 aromatic carbocycles. The Hall–Kier alpha value is -1.18. The SMILES string of the molecule is CCCCCC(C)(C)C1=CC(=O)C(C(C)(C)CCCCC)=CC1=O. The summed E-state index contributed by atoms with van der Waals surface area (Å²) >= 11 is 0. The Labute approximate surface area is 148 Å². The predicted molar refractivity (Wildman–Crippen MR) is 102 cm³/mol. The standard InChI is InChI=1S/C22H36O2/c1-7-9-11-13-21(3,4)17-15-20(24)18(16-19(17)23)22(5,6)14-12-10-8-2/h15-16H,7-14H2,1-6H3. The molecule has 24 heavy (non-hydrogen) atoms. The number of hydrogen-bond donors (Lipinski definition) is 0. The molecule has 0 spiro atoms. The average molecular weight is 333 g/mol. The lowest BCUT2D eigenvalue weighted by Gasteiger charge is -2.32. The average Bonchev–Trinajstić information content (AvgIpc) is 2.49. The third-order valence-corrected chi connectivity index (χ3v) is 5.35. The van der Waals surface area contributed by atoms with Crippen LogP contribution in [0, 0.1) is 10.8 Å². The van der Waals surface area contributed by atoms with Gasteiger partial charge in [-0.2, -0.15) is 0 Å². The topological polar surface area (TPSA) is 34.1 Å². The first-order valence-electron chi connectivity index (χ1n) is 9.68. The van der Waals surface area contributed by atoms with Crippen molar-refractivity contribution in [1.29, 1.82) is 0 Å². The highest BCUT2D eigenvalue weighted by atomic mass is 16.1. The van der Waals surface area contributed by atoms with Crippen LogP contribution >= 0.6 is 0 Å². The number of unbranched alkanes of at least 4 members (excludes halogenated alkanes) is 4. The molecule has 2 nitrogen and oxygen atoms in total. The molecule has 0 unspecified atom stereocenters. The minimum absolute atomic E-state index is 0.0367. The van der Waals surface area contributed by atoms with Crippen LogP contribution in [0.3, 0.4) is 0 Å². The van der Waals surface area contributed by atoms with Crippen molar-refractivity contribution < 1.29 is 9.59 Å². The molecule has 1 rings (SSSR count). The molecule has 0 saturated carbocycles. The highest BCUT2D eigenvalue weighted by Crippen LogP contribution is 2.40. The van der Waals surface area contributed by atoms with Crippen LogP contribution < -0.4 is 0 Å². The van der Waals surface area contributed by atoms with Crippen molar-refractivity contribution in [2.45, 2.75) is 92.9 Å². The van der Waals surface area contributed by atoms with Crippen molar-refractivity contribution in [3.8, 4) is 0 Å². The molecular formula is C22H36O2. The molecule has 136 valence electrons. The first kappa shape index (κ1) is 20.9. The van der Waals surface area contributed by atoms with Crippen molar-refractivity contribution in [3.63, 3.8) is 0 Å². The Kier molecular flexibility index (Phi) is 7.63. The van der Waals surface area contributed by atoms with Gasteiger partial charge in [-0.15, -0.1) is 0 Å². The fourth-order valence-corrected chi connectivity index (χ4v) is 3.52. The molecule has 0 radical (unpaired) electrons. The zero-order valence-electron chi connectivity index (χ0n) is 16.6. The molecule has 0 heterocycles. The van der Waals surface area contributed by atoms with E-state index in [0.29, 0.717) is 11.1 Å². The van der Waals surface area contributed by atoms with Gasteiger partial charge in [-0.1, -0.05) is 80.1 Å². The molecule has 1 aliphatic rings. The summed E-state index contributed by atoms with van der Waals surface area (Å²) in [5.74, 6) is 0.0735. The minimum Gasteiger partial charge on any atom is -0.290 e. The Morgan fingerprint density at radius 2 is 1.00 bits per heavy atom. The third kappa shape index (κ3) is 5.43. The van der Waals surface area contributed by atoms with E-state index in [4.69, 9.17) is 0 Å². The molecule has 2 heteroatoms. The van der Waals surface area contributed by atoms with E-state index in [1.54, 1.807) is 12.2 Å². The summed E-state index contributed by atoms with van der Waals surface area (Å²) in [6.45, 7) is 12.7. The Morgan fingerprint density at radius 3 is 1.29 bits per heavy atom. The van der Waals surface area contributed by atoms with E-state index in [9.17, 15) is 9.59 Å². The number of carbonyl (C=O) groups is 2. The molecule has 0 aromatic rings. The van der Waals surface area contributed by atoms with E-state index in [1.807, 2.05) is 0 Å². The highest BCUT2D eigenvalue weighted by Gasteiger charge is 2.36. The van der Waals surface area contributed by atoms with Gasteiger partial charge >= 0.3 is 0 Å². The second-order valence-corrected chi connectivity index (χ2v) is 8.53. The quantitative estimate of drug-likeness (QED) is 0.352. The smallest absolute Gasteiger partial charge is 0.182 e. The summed E-state index contributed by atoms with van der Waals surface area (Å²) in [6.07, 6.45) is 12.0. The fraction of sp³-hybridized carbons (Fsp3) is 0.727. The summed E-state index contributed by atoms with van der Waals surface area (Å²) in [4.78, 5) is 25.4. The van der Waals surface area contributed by atoms with Crippen molar-refractivity contribution in [3.05, 3.63) is 23.3 Å². The largest absolute Gasteiger partial charge is 0.290 e. The molecular weight excluding hydrogens is 296 g/mol. The van der Waals surface area contributed by atoms with Gasteiger partial charge in [0.05, 0.1) is 0 Å². The summed E-state index contributed by atoms with van der Waals surface area (Å²) in [7, 11) is 0. The monoisotopic (exact) mass is 332 g/mol. The van der Waals surface area contributed by atoms with Crippen LogP contribution in [0.25, 0.3) is 0 Å². The van der Waals surface area contributed by atoms with Gasteiger partial charge in [0.25, 0.3) is 0 Å². The van der Waals surface area contributed by atoms with Gasteiger partial charge in [0.2, 0.25) is 0 Å². The highest BCUT2D eigenvalue weighted by molar-refractivity contribution is 6.20. The van der Waals surface area contributed by atoms with Crippen molar-refractivity contribution in [2.24, 2.45) is 10.8 Å². The molecule has 0 atom stereocenters. The zero-order chi connectivity index (χ0) is 18.4. The summed E-state index contributed by atoms with van der Waals surface area (Å²) < 4.78 is 0. The zero-order valence-corrected chi connectivity index (χ0v) is 16.6. The van der Waals surface area contributed by atoms with Gasteiger partial charge in [-0.25, -0.2) is 0 Å². The van der Waals surface area contributed by atoms with Crippen molar-refractivity contribution >= 4 is 11.6 Å². The lowest BCUT2D eigenvalue weighted by molar-refractivity contribution is -0.116. The van der Waals surface area contributed by atoms with Crippen LogP contribution in [0.4, 0.5) is 0 Å². The summed E-state index contributed by atoms with van der Waals surface area (Å²) in [6, 6.07) is 0. The maximum absolute atomic E-state index is 12.7. The van der Waals surface area contributed by atoms with Gasteiger partial charge < -0.3 is 0 Å². The lowest BCUT2D eigenvalue weighted by atomic mass is 9.70. The van der Waals surface area contributed by atoms with Crippen LogP contribution in [0.5, 0.6) is 0 Å². The minimum atomic E-state index is -0.226. The molecule has 0 aromatic heterocycles. The van der Waals surface area contributed by atoms with E-state index in [0.717, 1.165) is 38.5 Å². The van der Waals surface area contributed by atoms with Crippen LogP contribution in [0.1, 0.15) is 92.9 Å². The fourth-order valence-electron chi connectivity index (χ4n) is 3.52. The Morgan fingerprint density at radius 1 is 0.667 bits per heavy atom. The van der Waals surface area contributed by atoms with Gasteiger partial charge in [-0.05, 0) is 35.8 Å². The molecule has 0 amide bonds. The van der Waals surface area contributed by atoms with Gasteiger partial charge in [-0.3, -0.25) is 9.59 Å². The first-order valence-corrected chi connectivity index (χ1v) is 9.68. The van der Waals surface area contributed by atoms with Crippen LogP contribution in [-0.4, -0.2) is 11.6 Å². The number of allylic oxidation sites excluding steroid dienone is 4. The Bertz CT molecular complexity index is 470. The van der Waals surface area contributed by atoms with Gasteiger partial charge in [0.1, 0.15) is 0 Å².